The number of rotatable bonds is 8. The van der Waals surface area contributed by atoms with Gasteiger partial charge in [-0.25, -0.2) is 0 Å². The Labute approximate surface area is 179 Å². The van der Waals surface area contributed by atoms with Gasteiger partial charge in [0.2, 0.25) is 0 Å². The molecule has 0 aliphatic rings. The van der Waals surface area contributed by atoms with Gasteiger partial charge in [-0.2, -0.15) is 10.2 Å². The van der Waals surface area contributed by atoms with E-state index in [2.05, 4.69) is 69.8 Å². The maximum absolute atomic E-state index is 4.37. The van der Waals surface area contributed by atoms with Crippen molar-refractivity contribution in [2.75, 3.05) is 7.05 Å². The summed E-state index contributed by atoms with van der Waals surface area (Å²) in [6.45, 7) is 2.01. The average Bonchev–Trinajstić information content (AvgIpc) is 2.79. The van der Waals surface area contributed by atoms with Gasteiger partial charge in [-0.05, 0) is 66.3 Å². The highest BCUT2D eigenvalue weighted by Gasteiger charge is 1.99. The first-order chi connectivity index (χ1) is 14.8. The Balaban J connectivity index is 1.60. The predicted molar refractivity (Wildman–Crippen MR) is 127 cm³/mol. The van der Waals surface area contributed by atoms with Gasteiger partial charge in [0.05, 0.1) is 11.4 Å². The molecule has 0 heterocycles. The zero-order chi connectivity index (χ0) is 21.0. The summed E-state index contributed by atoms with van der Waals surface area (Å²) in [6.07, 6.45) is 9.79. The molecule has 3 aromatic carbocycles. The number of allylic oxidation sites excluding steroid dienone is 4. The average molecular weight is 394 g/mol. The molecule has 0 fully saturated rings. The van der Waals surface area contributed by atoms with Crippen LogP contribution in [0.25, 0.3) is 0 Å². The van der Waals surface area contributed by atoms with Crippen molar-refractivity contribution < 1.29 is 0 Å². The molecular weight excluding hydrogens is 366 g/mol. The second-order valence-corrected chi connectivity index (χ2v) is 7.03. The van der Waals surface area contributed by atoms with Crippen LogP contribution < -0.4 is 0 Å². The summed E-state index contributed by atoms with van der Waals surface area (Å²) in [5.74, 6) is 0. The lowest BCUT2D eigenvalue weighted by Gasteiger charge is -2.03. The van der Waals surface area contributed by atoms with Gasteiger partial charge in [-0.3, -0.25) is 4.99 Å². The van der Waals surface area contributed by atoms with E-state index in [0.29, 0.717) is 0 Å². The van der Waals surface area contributed by atoms with E-state index >= 15 is 0 Å². The Kier molecular flexibility index (Phi) is 8.04. The largest absolute Gasteiger partial charge is 0.296 e. The van der Waals surface area contributed by atoms with Gasteiger partial charge in [0, 0.05) is 13.3 Å². The van der Waals surface area contributed by atoms with Crippen LogP contribution in [0.1, 0.15) is 23.6 Å². The second kappa shape index (κ2) is 11.4. The minimum atomic E-state index is 0.835. The van der Waals surface area contributed by atoms with E-state index in [4.69, 9.17) is 0 Å². The molecule has 0 aromatic heterocycles. The van der Waals surface area contributed by atoms with Crippen molar-refractivity contribution in [3.05, 3.63) is 119 Å². The number of hydrogen-bond donors (Lipinski definition) is 0. The molecule has 0 bridgehead atoms. The van der Waals surface area contributed by atoms with Gasteiger partial charge in [-0.15, -0.1) is 0 Å². The van der Waals surface area contributed by atoms with Crippen LogP contribution in [0.4, 0.5) is 11.4 Å². The van der Waals surface area contributed by atoms with Crippen LogP contribution in [-0.2, 0) is 12.8 Å². The highest BCUT2D eigenvalue weighted by molar-refractivity contribution is 5.79. The highest BCUT2D eigenvalue weighted by atomic mass is 15.1. The molecule has 0 radical (unpaired) electrons. The van der Waals surface area contributed by atoms with Crippen LogP contribution in [-0.4, -0.2) is 13.3 Å². The molecule has 30 heavy (non-hydrogen) atoms. The molecule has 0 aliphatic carbocycles. The summed E-state index contributed by atoms with van der Waals surface area (Å²) < 4.78 is 0. The van der Waals surface area contributed by atoms with Gasteiger partial charge >= 0.3 is 0 Å². The third kappa shape index (κ3) is 6.78. The molecule has 0 spiro atoms. The van der Waals surface area contributed by atoms with E-state index in [1.54, 1.807) is 7.05 Å². The lowest BCUT2D eigenvalue weighted by atomic mass is 10.0. The molecule has 3 heteroatoms. The van der Waals surface area contributed by atoms with E-state index in [0.717, 1.165) is 24.2 Å². The predicted octanol–water partition coefficient (Wildman–Crippen LogP) is 7.44. The fourth-order valence-corrected chi connectivity index (χ4v) is 3.08. The zero-order valence-corrected chi connectivity index (χ0v) is 17.6. The van der Waals surface area contributed by atoms with Crippen molar-refractivity contribution in [3.63, 3.8) is 0 Å². The summed E-state index contributed by atoms with van der Waals surface area (Å²) in [4.78, 5) is 4.13. The fourth-order valence-electron chi connectivity index (χ4n) is 3.08. The summed E-state index contributed by atoms with van der Waals surface area (Å²) in [5, 5.41) is 8.74. The van der Waals surface area contributed by atoms with Gasteiger partial charge in [0.25, 0.3) is 0 Å². The Morgan fingerprint density at radius 3 is 1.87 bits per heavy atom. The van der Waals surface area contributed by atoms with Crippen molar-refractivity contribution in [3.8, 4) is 0 Å². The Bertz CT molecular complexity index is 1030. The first kappa shape index (κ1) is 21.1. The standard InChI is InChI=1S/C27H27N3/c1-3-4-8-25(21-28-2)20-24-13-17-27(18-14-24)30-29-26-15-11-23(12-16-26)19-22-9-6-5-7-10-22/h3-18,21H,19-20H2,1-2H3/b4-3-,25-8-,28-21-,30-29?. The van der Waals surface area contributed by atoms with Gasteiger partial charge in [0.1, 0.15) is 0 Å². The Morgan fingerprint density at radius 1 is 0.733 bits per heavy atom. The molecule has 0 saturated heterocycles. The summed E-state index contributed by atoms with van der Waals surface area (Å²) in [6, 6.07) is 26.9. The van der Waals surface area contributed by atoms with Crippen LogP contribution in [0.5, 0.6) is 0 Å². The molecule has 3 aromatic rings. The molecule has 3 rings (SSSR count). The van der Waals surface area contributed by atoms with E-state index in [1.165, 1.54) is 22.3 Å². The first-order valence-electron chi connectivity index (χ1n) is 10.1. The number of aliphatic imine (C=N–C) groups is 1. The molecule has 0 atom stereocenters. The second-order valence-electron chi connectivity index (χ2n) is 7.03. The third-order valence-corrected chi connectivity index (χ3v) is 4.61. The summed E-state index contributed by atoms with van der Waals surface area (Å²) >= 11 is 0. The van der Waals surface area contributed by atoms with Gasteiger partial charge < -0.3 is 0 Å². The lowest BCUT2D eigenvalue weighted by Crippen LogP contribution is -1.91. The van der Waals surface area contributed by atoms with Crippen molar-refractivity contribution >= 4 is 17.6 Å². The molecule has 3 nitrogen and oxygen atoms in total. The zero-order valence-electron chi connectivity index (χ0n) is 17.6. The quantitative estimate of drug-likeness (QED) is 0.217. The van der Waals surface area contributed by atoms with Crippen LogP contribution in [0.2, 0.25) is 0 Å². The van der Waals surface area contributed by atoms with Crippen molar-refractivity contribution in [2.45, 2.75) is 19.8 Å². The number of hydrogen-bond acceptors (Lipinski definition) is 3. The topological polar surface area (TPSA) is 37.1 Å². The molecular formula is C27H27N3. The molecule has 0 saturated carbocycles. The van der Waals surface area contributed by atoms with Crippen LogP contribution in [0.3, 0.4) is 0 Å². The fraction of sp³-hybridized carbons (Fsp3) is 0.148. The SMILES string of the molecule is C\C=C/C=C(\C=N/C)Cc1ccc(N=Nc2ccc(Cc3ccccc3)cc2)cc1. The van der Waals surface area contributed by atoms with Crippen molar-refractivity contribution in [2.24, 2.45) is 15.2 Å². The molecule has 150 valence electrons. The summed E-state index contributed by atoms with van der Waals surface area (Å²) in [7, 11) is 1.79. The number of azo groups is 1. The summed E-state index contributed by atoms with van der Waals surface area (Å²) in [5.41, 5.74) is 6.65. The maximum atomic E-state index is 4.37. The molecule has 0 unspecified atom stereocenters. The minimum absolute atomic E-state index is 0.835. The van der Waals surface area contributed by atoms with Crippen LogP contribution >= 0.6 is 0 Å². The van der Waals surface area contributed by atoms with E-state index in [-0.39, 0.29) is 0 Å². The van der Waals surface area contributed by atoms with E-state index in [1.807, 2.05) is 55.6 Å². The third-order valence-electron chi connectivity index (χ3n) is 4.61. The normalized spacial score (nSPS) is 12.4. The highest BCUT2D eigenvalue weighted by Crippen LogP contribution is 2.21. The minimum Gasteiger partial charge on any atom is -0.296 e. The van der Waals surface area contributed by atoms with Gasteiger partial charge in [0.15, 0.2) is 0 Å². The molecule has 0 N–H and O–H groups in total. The van der Waals surface area contributed by atoms with Crippen LogP contribution in [0.15, 0.2) is 118 Å². The lowest BCUT2D eigenvalue weighted by molar-refractivity contribution is 1.17. The van der Waals surface area contributed by atoms with E-state index in [9.17, 15) is 0 Å². The molecule has 0 amide bonds. The Morgan fingerprint density at radius 2 is 1.30 bits per heavy atom. The smallest absolute Gasteiger partial charge is 0.0857 e. The Hall–Kier alpha value is -3.59. The van der Waals surface area contributed by atoms with Crippen molar-refractivity contribution in [1.82, 2.24) is 0 Å². The molecule has 0 aliphatic heterocycles. The van der Waals surface area contributed by atoms with Gasteiger partial charge in [-0.1, -0.05) is 72.8 Å². The van der Waals surface area contributed by atoms with Crippen LogP contribution in [0, 0.1) is 0 Å². The first-order valence-corrected chi connectivity index (χ1v) is 10.1. The number of benzene rings is 3. The monoisotopic (exact) mass is 393 g/mol. The van der Waals surface area contributed by atoms with E-state index < -0.39 is 0 Å². The number of nitrogens with zero attached hydrogens (tertiary/aromatic N) is 3. The van der Waals surface area contributed by atoms with Crippen molar-refractivity contribution in [1.29, 1.82) is 0 Å². The maximum Gasteiger partial charge on any atom is 0.0857 e.